The number of hydrogen-bond acceptors (Lipinski definition) is 4. The van der Waals surface area contributed by atoms with Gasteiger partial charge in [0.05, 0.1) is 18.5 Å². The first-order valence-corrected chi connectivity index (χ1v) is 11.0. The quantitative estimate of drug-likeness (QED) is 0.816. The number of anilines is 2. The van der Waals surface area contributed by atoms with Crippen LogP contribution in [0, 0.1) is 0 Å². The lowest BCUT2D eigenvalue weighted by Crippen LogP contribution is -2.48. The van der Waals surface area contributed by atoms with Gasteiger partial charge >= 0.3 is 0 Å². The number of nitrogens with one attached hydrogen (secondary N) is 1. The van der Waals surface area contributed by atoms with Crippen LogP contribution in [0.2, 0.25) is 5.02 Å². The molecule has 1 atom stereocenters. The molecule has 1 unspecified atom stereocenters. The van der Waals surface area contributed by atoms with Gasteiger partial charge < -0.3 is 10.1 Å². The van der Waals surface area contributed by atoms with Gasteiger partial charge in [-0.3, -0.25) is 9.10 Å². The maximum absolute atomic E-state index is 12.7. The summed E-state index contributed by atoms with van der Waals surface area (Å²) in [5, 5.41) is 3.29. The highest BCUT2D eigenvalue weighted by molar-refractivity contribution is 7.92. The Morgan fingerprint density at radius 1 is 1.18 bits per heavy atom. The molecule has 6 nitrogen and oxygen atoms in total. The van der Waals surface area contributed by atoms with Crippen LogP contribution < -0.4 is 14.4 Å². The van der Waals surface area contributed by atoms with E-state index in [4.69, 9.17) is 16.3 Å². The van der Waals surface area contributed by atoms with Crippen molar-refractivity contribution in [3.63, 3.8) is 0 Å². The maximum Gasteiger partial charge on any atom is 0.267 e. The van der Waals surface area contributed by atoms with Gasteiger partial charge in [0, 0.05) is 10.7 Å². The number of carbonyl (C=O) groups is 1. The number of hydrogen-bond donors (Lipinski definition) is 1. The van der Waals surface area contributed by atoms with E-state index in [0.29, 0.717) is 22.1 Å². The zero-order valence-electron chi connectivity index (χ0n) is 16.2. The molecule has 150 valence electrons. The molecule has 0 spiro atoms. The Morgan fingerprint density at radius 2 is 1.82 bits per heavy atom. The second kappa shape index (κ2) is 7.29. The molecule has 0 saturated heterocycles. The molecule has 8 heteroatoms. The Bertz CT molecular complexity index is 998. The highest BCUT2D eigenvalue weighted by Crippen LogP contribution is 2.38. The van der Waals surface area contributed by atoms with Crippen LogP contribution in [-0.2, 0) is 20.2 Å². The maximum atomic E-state index is 12.7. The number of sulfonamides is 1. The third-order valence-electron chi connectivity index (χ3n) is 4.50. The first-order valence-electron chi connectivity index (χ1n) is 8.80. The Kier molecular flexibility index (Phi) is 5.34. The summed E-state index contributed by atoms with van der Waals surface area (Å²) >= 11 is 5.86. The minimum absolute atomic E-state index is 0.0984. The van der Waals surface area contributed by atoms with Gasteiger partial charge in [-0.15, -0.1) is 0 Å². The lowest BCUT2D eigenvalue weighted by molar-refractivity contribution is -0.122. The monoisotopic (exact) mass is 422 g/mol. The lowest BCUT2D eigenvalue weighted by Gasteiger charge is -2.35. The molecule has 0 fully saturated rings. The van der Waals surface area contributed by atoms with Crippen LogP contribution >= 0.6 is 11.6 Å². The molecule has 1 heterocycles. The summed E-state index contributed by atoms with van der Waals surface area (Å²) < 4.78 is 31.9. The number of amides is 1. The predicted molar refractivity (Wildman–Crippen MR) is 112 cm³/mol. The van der Waals surface area contributed by atoms with Crippen molar-refractivity contribution in [1.29, 1.82) is 0 Å². The molecule has 28 heavy (non-hydrogen) atoms. The summed E-state index contributed by atoms with van der Waals surface area (Å²) in [7, 11) is -3.59. The van der Waals surface area contributed by atoms with Gasteiger partial charge in [-0.2, -0.15) is 0 Å². The number of ether oxygens (including phenoxy) is 1. The van der Waals surface area contributed by atoms with Crippen molar-refractivity contribution in [3.05, 3.63) is 53.1 Å². The molecule has 1 amide bonds. The smallest absolute Gasteiger partial charge is 0.267 e. The average molecular weight is 423 g/mol. The average Bonchev–Trinajstić information content (AvgIpc) is 2.60. The van der Waals surface area contributed by atoms with E-state index < -0.39 is 22.0 Å². The fourth-order valence-corrected chi connectivity index (χ4v) is 3.96. The van der Waals surface area contributed by atoms with E-state index >= 15 is 0 Å². The van der Waals surface area contributed by atoms with Crippen molar-refractivity contribution in [2.24, 2.45) is 0 Å². The summed E-state index contributed by atoms with van der Waals surface area (Å²) in [6.07, 6.45) is 0.151. The summed E-state index contributed by atoms with van der Waals surface area (Å²) in [6, 6.07) is 12.1. The van der Waals surface area contributed by atoms with Crippen molar-refractivity contribution < 1.29 is 17.9 Å². The van der Waals surface area contributed by atoms with Gasteiger partial charge in [0.2, 0.25) is 10.0 Å². The molecule has 3 rings (SSSR count). The molecule has 0 aliphatic carbocycles. The van der Waals surface area contributed by atoms with E-state index in [0.717, 1.165) is 11.8 Å². The van der Waals surface area contributed by atoms with Gasteiger partial charge in [-0.25, -0.2) is 8.42 Å². The van der Waals surface area contributed by atoms with E-state index in [9.17, 15) is 13.2 Å². The number of nitrogens with zero attached hydrogens (tertiary/aromatic N) is 1. The fraction of sp³-hybridized carbons (Fsp3) is 0.350. The number of fused-ring (bicyclic) bond motifs is 1. The molecule has 0 saturated carbocycles. The molecule has 0 bridgehead atoms. The van der Waals surface area contributed by atoms with E-state index in [2.05, 4.69) is 5.32 Å². The number of carbonyl (C=O) groups excluding carboxylic acids is 1. The zero-order valence-corrected chi connectivity index (χ0v) is 17.8. The Balaban J connectivity index is 1.92. The second-order valence-corrected chi connectivity index (χ2v) is 10.2. The van der Waals surface area contributed by atoms with Gasteiger partial charge in [0.1, 0.15) is 5.75 Å². The SMILES string of the molecule is CC(C)(C)c1ccc2c(c1)N(S(C)(=O)=O)CC(C(=O)Nc1ccc(Cl)cc1)O2. The summed E-state index contributed by atoms with van der Waals surface area (Å²) in [5.74, 6) is -0.0672. The normalized spacial score (nSPS) is 16.9. The molecule has 0 aromatic heterocycles. The minimum Gasteiger partial charge on any atom is -0.476 e. The van der Waals surface area contributed by atoms with Crippen LogP contribution in [0.5, 0.6) is 5.75 Å². The molecule has 1 aliphatic rings. The van der Waals surface area contributed by atoms with Crippen LogP contribution in [0.25, 0.3) is 0 Å². The van der Waals surface area contributed by atoms with Crippen LogP contribution in [0.1, 0.15) is 26.3 Å². The highest BCUT2D eigenvalue weighted by Gasteiger charge is 2.35. The molecule has 2 aromatic carbocycles. The highest BCUT2D eigenvalue weighted by atomic mass is 35.5. The van der Waals surface area contributed by atoms with Gasteiger partial charge in [0.25, 0.3) is 5.91 Å². The van der Waals surface area contributed by atoms with E-state index in [1.807, 2.05) is 32.9 Å². The fourth-order valence-electron chi connectivity index (χ4n) is 2.92. The first-order chi connectivity index (χ1) is 12.9. The molecule has 1 N–H and O–H groups in total. The van der Waals surface area contributed by atoms with Crippen LogP contribution in [0.15, 0.2) is 42.5 Å². The van der Waals surface area contributed by atoms with Gasteiger partial charge in [-0.05, 0) is 47.4 Å². The van der Waals surface area contributed by atoms with Gasteiger partial charge in [-0.1, -0.05) is 38.4 Å². The lowest BCUT2D eigenvalue weighted by atomic mass is 9.86. The largest absolute Gasteiger partial charge is 0.476 e. The van der Waals surface area contributed by atoms with Crippen LogP contribution in [-0.4, -0.2) is 33.2 Å². The minimum atomic E-state index is -3.59. The molecule has 0 radical (unpaired) electrons. The third-order valence-corrected chi connectivity index (χ3v) is 5.90. The number of halogens is 1. The first kappa shape index (κ1) is 20.5. The van der Waals surface area contributed by atoms with Crippen LogP contribution in [0.4, 0.5) is 11.4 Å². The summed E-state index contributed by atoms with van der Waals surface area (Å²) in [5.41, 5.74) is 1.83. The summed E-state index contributed by atoms with van der Waals surface area (Å²) in [4.78, 5) is 12.7. The topological polar surface area (TPSA) is 75.7 Å². The van der Waals surface area contributed by atoms with Crippen molar-refractivity contribution in [2.45, 2.75) is 32.3 Å². The standard InChI is InChI=1S/C20H23ClN2O4S/c1-20(2,3)13-5-10-17-16(11-13)23(28(4,25)26)12-18(27-17)19(24)22-15-8-6-14(21)7-9-15/h5-11,18H,12H2,1-4H3,(H,22,24). The van der Waals surface area contributed by atoms with E-state index in [1.165, 1.54) is 4.31 Å². The van der Waals surface area contributed by atoms with Crippen molar-refractivity contribution in [3.8, 4) is 5.75 Å². The Labute approximate surface area is 170 Å². The second-order valence-electron chi connectivity index (χ2n) is 7.83. The Hall–Kier alpha value is -2.25. The predicted octanol–water partition coefficient (Wildman–Crippen LogP) is 3.80. The van der Waals surface area contributed by atoms with Crippen LogP contribution in [0.3, 0.4) is 0 Å². The molecule has 1 aliphatic heterocycles. The number of rotatable bonds is 3. The third kappa shape index (κ3) is 4.42. The number of benzene rings is 2. The summed E-state index contributed by atoms with van der Waals surface area (Å²) in [6.45, 7) is 6.04. The van der Waals surface area contributed by atoms with E-state index in [1.54, 1.807) is 30.3 Å². The zero-order chi connectivity index (χ0) is 20.7. The molecular formula is C20H23ClN2O4S. The molecule has 2 aromatic rings. The Morgan fingerprint density at radius 3 is 2.39 bits per heavy atom. The van der Waals surface area contributed by atoms with Crippen molar-refractivity contribution in [2.75, 3.05) is 22.4 Å². The van der Waals surface area contributed by atoms with E-state index in [-0.39, 0.29) is 12.0 Å². The molecular weight excluding hydrogens is 400 g/mol. The van der Waals surface area contributed by atoms with Crippen molar-refractivity contribution in [1.82, 2.24) is 0 Å². The van der Waals surface area contributed by atoms with Crippen molar-refractivity contribution >= 4 is 38.9 Å². The van der Waals surface area contributed by atoms with Gasteiger partial charge in [0.15, 0.2) is 6.10 Å².